The molecule has 1 atom stereocenters. The summed E-state index contributed by atoms with van der Waals surface area (Å²) in [5.41, 5.74) is 0.882. The number of benzene rings is 1. The number of rotatable bonds is 4. The number of nitriles is 1. The molecule has 3 rings (SSSR count). The Kier molecular flexibility index (Phi) is 5.84. The first-order valence-electron chi connectivity index (χ1n) is 9.02. The van der Waals surface area contributed by atoms with Crippen molar-refractivity contribution in [1.82, 2.24) is 15.1 Å². The van der Waals surface area contributed by atoms with Gasteiger partial charge in [-0.25, -0.2) is 0 Å². The molecule has 5 nitrogen and oxygen atoms in total. The van der Waals surface area contributed by atoms with Crippen LogP contribution in [0.25, 0.3) is 11.3 Å². The van der Waals surface area contributed by atoms with Crippen LogP contribution in [0.15, 0.2) is 24.3 Å². The SMILES string of the molecule is COc1cc(C(F)(F)F)ccc1-c1cc(C#N)c(C[C@@H]2CCCN(C)C2)nn1. The van der Waals surface area contributed by atoms with Crippen LogP contribution in [0.5, 0.6) is 5.75 Å². The Labute approximate surface area is 161 Å². The third-order valence-electron chi connectivity index (χ3n) is 5.00. The van der Waals surface area contributed by atoms with Crippen LogP contribution < -0.4 is 4.74 Å². The number of aromatic nitrogens is 2. The van der Waals surface area contributed by atoms with Crippen LogP contribution in [-0.4, -0.2) is 42.3 Å². The van der Waals surface area contributed by atoms with Gasteiger partial charge in [-0.2, -0.15) is 28.6 Å². The number of methoxy groups -OCH3 is 1. The Morgan fingerprint density at radius 3 is 2.71 bits per heavy atom. The number of piperidine rings is 1. The third kappa shape index (κ3) is 4.42. The summed E-state index contributed by atoms with van der Waals surface area (Å²) >= 11 is 0. The summed E-state index contributed by atoms with van der Waals surface area (Å²) in [6.07, 6.45) is -1.63. The first kappa shape index (κ1) is 20.1. The molecule has 0 amide bonds. The van der Waals surface area contributed by atoms with Crippen molar-refractivity contribution < 1.29 is 17.9 Å². The number of hydrogen-bond donors (Lipinski definition) is 0. The van der Waals surface area contributed by atoms with Crippen molar-refractivity contribution in [2.24, 2.45) is 5.92 Å². The summed E-state index contributed by atoms with van der Waals surface area (Å²) < 4.78 is 43.9. The molecule has 0 bridgehead atoms. The number of ether oxygens (including phenoxy) is 1. The molecule has 0 aliphatic carbocycles. The predicted octanol–water partition coefficient (Wildman–Crippen LogP) is 3.93. The van der Waals surface area contributed by atoms with E-state index in [2.05, 4.69) is 28.2 Å². The van der Waals surface area contributed by atoms with Crippen LogP contribution >= 0.6 is 0 Å². The predicted molar refractivity (Wildman–Crippen MR) is 97.7 cm³/mol. The van der Waals surface area contributed by atoms with Crippen molar-refractivity contribution in [3.05, 3.63) is 41.1 Å². The van der Waals surface area contributed by atoms with Gasteiger partial charge in [0.2, 0.25) is 0 Å². The van der Waals surface area contributed by atoms with E-state index in [9.17, 15) is 18.4 Å². The van der Waals surface area contributed by atoms with E-state index in [0.717, 1.165) is 38.1 Å². The minimum Gasteiger partial charge on any atom is -0.496 e. The molecule has 1 aliphatic heterocycles. The lowest BCUT2D eigenvalue weighted by Gasteiger charge is -2.29. The van der Waals surface area contributed by atoms with Crippen molar-refractivity contribution in [1.29, 1.82) is 5.26 Å². The molecule has 2 heterocycles. The minimum absolute atomic E-state index is 0.0367. The second-order valence-electron chi connectivity index (χ2n) is 7.09. The van der Waals surface area contributed by atoms with E-state index in [1.54, 1.807) is 6.07 Å². The van der Waals surface area contributed by atoms with Gasteiger partial charge in [0.15, 0.2) is 0 Å². The standard InChI is InChI=1S/C20H21F3N4O/c1-27-7-3-4-13(12-27)8-17-14(11-24)9-18(26-25-17)16-6-5-15(20(21,22)23)10-19(16)28-2/h5-6,9-10,13H,3-4,7-8,12H2,1-2H3/t13-/m0/s1. The van der Waals surface area contributed by atoms with Crippen LogP contribution in [0.4, 0.5) is 13.2 Å². The highest BCUT2D eigenvalue weighted by Gasteiger charge is 2.31. The minimum atomic E-state index is -4.47. The molecule has 1 aromatic heterocycles. The third-order valence-corrected chi connectivity index (χ3v) is 5.00. The molecule has 28 heavy (non-hydrogen) atoms. The lowest BCUT2D eigenvalue weighted by Crippen LogP contribution is -2.33. The Balaban J connectivity index is 1.91. The van der Waals surface area contributed by atoms with Crippen molar-refractivity contribution in [2.45, 2.75) is 25.4 Å². The first-order chi connectivity index (χ1) is 13.3. The zero-order valence-electron chi connectivity index (χ0n) is 15.8. The van der Waals surface area contributed by atoms with E-state index in [4.69, 9.17) is 4.74 Å². The van der Waals surface area contributed by atoms with Gasteiger partial charge in [-0.1, -0.05) is 0 Å². The maximum atomic E-state index is 12.9. The molecule has 8 heteroatoms. The molecule has 0 radical (unpaired) electrons. The van der Waals surface area contributed by atoms with Crippen LogP contribution in [0.3, 0.4) is 0 Å². The normalized spacial score (nSPS) is 17.9. The highest BCUT2D eigenvalue weighted by molar-refractivity contribution is 5.69. The average Bonchev–Trinajstić information content (AvgIpc) is 2.67. The van der Waals surface area contributed by atoms with Gasteiger partial charge < -0.3 is 9.64 Å². The lowest BCUT2D eigenvalue weighted by atomic mass is 9.92. The summed E-state index contributed by atoms with van der Waals surface area (Å²) in [4.78, 5) is 2.26. The van der Waals surface area contributed by atoms with Gasteiger partial charge in [0.05, 0.1) is 29.6 Å². The molecule has 1 saturated heterocycles. The van der Waals surface area contributed by atoms with Gasteiger partial charge in [0.25, 0.3) is 0 Å². The van der Waals surface area contributed by atoms with Gasteiger partial charge in [-0.3, -0.25) is 0 Å². The molecule has 0 N–H and O–H groups in total. The van der Waals surface area contributed by atoms with Crippen LogP contribution in [0.1, 0.15) is 29.7 Å². The second-order valence-corrected chi connectivity index (χ2v) is 7.09. The number of hydrogen-bond acceptors (Lipinski definition) is 5. The van der Waals surface area contributed by atoms with Crippen molar-refractivity contribution in [3.63, 3.8) is 0 Å². The maximum Gasteiger partial charge on any atom is 0.416 e. The number of nitrogens with zero attached hydrogens (tertiary/aromatic N) is 4. The van der Waals surface area contributed by atoms with Gasteiger partial charge in [-0.05, 0) is 63.0 Å². The van der Waals surface area contributed by atoms with Gasteiger partial charge in [0, 0.05) is 12.1 Å². The fourth-order valence-electron chi connectivity index (χ4n) is 3.59. The molecule has 0 unspecified atom stereocenters. The van der Waals surface area contributed by atoms with E-state index in [0.29, 0.717) is 34.9 Å². The van der Waals surface area contributed by atoms with E-state index >= 15 is 0 Å². The highest BCUT2D eigenvalue weighted by Crippen LogP contribution is 2.36. The largest absolute Gasteiger partial charge is 0.496 e. The maximum absolute atomic E-state index is 12.9. The molecule has 0 spiro atoms. The molecular formula is C20H21F3N4O. The molecular weight excluding hydrogens is 369 g/mol. The Hall–Kier alpha value is -2.66. The molecule has 1 aliphatic rings. The Morgan fingerprint density at radius 1 is 1.29 bits per heavy atom. The smallest absolute Gasteiger partial charge is 0.416 e. The fraction of sp³-hybridized carbons (Fsp3) is 0.450. The molecule has 1 fully saturated rings. The average molecular weight is 390 g/mol. The van der Waals surface area contributed by atoms with Gasteiger partial charge in [0.1, 0.15) is 11.8 Å². The summed E-state index contributed by atoms with van der Waals surface area (Å²) in [6, 6.07) is 6.90. The summed E-state index contributed by atoms with van der Waals surface area (Å²) in [6.45, 7) is 2.01. The van der Waals surface area contributed by atoms with E-state index < -0.39 is 11.7 Å². The fourth-order valence-corrected chi connectivity index (χ4v) is 3.59. The van der Waals surface area contributed by atoms with Crippen molar-refractivity contribution >= 4 is 0 Å². The second kappa shape index (κ2) is 8.15. The molecule has 1 aromatic carbocycles. The van der Waals surface area contributed by atoms with Crippen LogP contribution in [-0.2, 0) is 12.6 Å². The van der Waals surface area contributed by atoms with Crippen molar-refractivity contribution in [2.75, 3.05) is 27.2 Å². The topological polar surface area (TPSA) is 62.0 Å². The van der Waals surface area contributed by atoms with Gasteiger partial charge in [-0.15, -0.1) is 0 Å². The zero-order chi connectivity index (χ0) is 20.3. The number of halogens is 3. The summed E-state index contributed by atoms with van der Waals surface area (Å²) in [7, 11) is 3.37. The lowest BCUT2D eigenvalue weighted by molar-refractivity contribution is -0.137. The van der Waals surface area contributed by atoms with E-state index in [-0.39, 0.29) is 5.75 Å². The van der Waals surface area contributed by atoms with Crippen LogP contribution in [0, 0.1) is 17.2 Å². The van der Waals surface area contributed by atoms with E-state index in [1.807, 2.05) is 0 Å². The molecule has 148 valence electrons. The Bertz CT molecular complexity index is 892. The van der Waals surface area contributed by atoms with Crippen molar-refractivity contribution in [3.8, 4) is 23.1 Å². The first-order valence-corrected chi connectivity index (χ1v) is 9.02. The quantitative estimate of drug-likeness (QED) is 0.792. The Morgan fingerprint density at radius 2 is 2.07 bits per heavy atom. The summed E-state index contributed by atoms with van der Waals surface area (Å²) in [5.74, 6) is 0.446. The van der Waals surface area contributed by atoms with Gasteiger partial charge >= 0.3 is 6.18 Å². The molecule has 0 saturated carbocycles. The van der Waals surface area contributed by atoms with E-state index in [1.165, 1.54) is 13.2 Å². The number of alkyl halides is 3. The van der Waals surface area contributed by atoms with Crippen LogP contribution in [0.2, 0.25) is 0 Å². The number of likely N-dealkylation sites (tertiary alicyclic amines) is 1. The summed E-state index contributed by atoms with van der Waals surface area (Å²) in [5, 5.41) is 17.9. The highest BCUT2D eigenvalue weighted by atomic mass is 19.4. The zero-order valence-corrected chi connectivity index (χ0v) is 15.8. The molecule has 2 aromatic rings. The monoisotopic (exact) mass is 390 g/mol.